The summed E-state index contributed by atoms with van der Waals surface area (Å²) in [7, 11) is 0. The molecule has 0 fully saturated rings. The quantitative estimate of drug-likeness (QED) is 0.929. The van der Waals surface area contributed by atoms with Gasteiger partial charge in [0, 0.05) is 23.1 Å². The van der Waals surface area contributed by atoms with Gasteiger partial charge in [-0.1, -0.05) is 33.6 Å². The summed E-state index contributed by atoms with van der Waals surface area (Å²) in [5, 5.41) is 14.8. The molecular formula is C15H19BrN2O. The highest BCUT2D eigenvalue weighted by Crippen LogP contribution is 2.26. The first-order valence-electron chi connectivity index (χ1n) is 6.45. The normalized spacial score (nSPS) is 12.9. The molecule has 19 heavy (non-hydrogen) atoms. The number of aryl methyl sites for hydroxylation is 1. The predicted octanol–water partition coefficient (Wildman–Crippen LogP) is 3.81. The third kappa shape index (κ3) is 3.45. The highest BCUT2D eigenvalue weighted by molar-refractivity contribution is 9.10. The van der Waals surface area contributed by atoms with Crippen LogP contribution in [0.1, 0.15) is 42.8 Å². The predicted molar refractivity (Wildman–Crippen MR) is 80.2 cm³/mol. The first-order valence-corrected chi connectivity index (χ1v) is 7.25. The molecule has 1 heterocycles. The number of hydrogen-bond donors (Lipinski definition) is 1. The Morgan fingerprint density at radius 3 is 2.68 bits per heavy atom. The zero-order valence-electron chi connectivity index (χ0n) is 11.5. The van der Waals surface area contributed by atoms with E-state index in [1.54, 1.807) is 0 Å². The van der Waals surface area contributed by atoms with Crippen molar-refractivity contribution < 1.29 is 5.11 Å². The fourth-order valence-electron chi connectivity index (χ4n) is 2.00. The van der Waals surface area contributed by atoms with E-state index < -0.39 is 6.10 Å². The van der Waals surface area contributed by atoms with Gasteiger partial charge in [-0.25, -0.2) is 0 Å². The molecule has 102 valence electrons. The van der Waals surface area contributed by atoms with Crippen molar-refractivity contribution in [3.8, 4) is 0 Å². The highest BCUT2D eigenvalue weighted by Gasteiger charge is 2.14. The van der Waals surface area contributed by atoms with Crippen molar-refractivity contribution in [2.24, 2.45) is 0 Å². The largest absolute Gasteiger partial charge is 0.388 e. The number of aliphatic hydroxyl groups excluding tert-OH is 1. The maximum absolute atomic E-state index is 10.3. The molecule has 0 amide bonds. The molecule has 0 bridgehead atoms. The highest BCUT2D eigenvalue weighted by atomic mass is 79.9. The summed E-state index contributed by atoms with van der Waals surface area (Å²) in [6, 6.07) is 8.31. The Bertz CT molecular complexity index is 563. The van der Waals surface area contributed by atoms with Gasteiger partial charge in [0.15, 0.2) is 0 Å². The molecule has 0 aliphatic carbocycles. The molecule has 0 aliphatic rings. The van der Waals surface area contributed by atoms with Crippen molar-refractivity contribution in [1.82, 2.24) is 9.78 Å². The van der Waals surface area contributed by atoms with Crippen LogP contribution in [0.5, 0.6) is 0 Å². The third-order valence-electron chi connectivity index (χ3n) is 3.11. The molecule has 0 spiro atoms. The topological polar surface area (TPSA) is 38.0 Å². The Morgan fingerprint density at radius 1 is 1.32 bits per heavy atom. The molecule has 4 heteroatoms. The van der Waals surface area contributed by atoms with Crippen LogP contribution in [0.4, 0.5) is 0 Å². The number of halogens is 1. The van der Waals surface area contributed by atoms with Crippen LogP contribution in [0.25, 0.3) is 0 Å². The molecule has 1 unspecified atom stereocenters. The fraction of sp³-hybridized carbons (Fsp3) is 0.400. The Hall–Kier alpha value is -1.13. The maximum Gasteiger partial charge on any atom is 0.0857 e. The van der Waals surface area contributed by atoms with E-state index in [1.807, 2.05) is 42.1 Å². The van der Waals surface area contributed by atoms with Crippen LogP contribution < -0.4 is 0 Å². The van der Waals surface area contributed by atoms with E-state index in [1.165, 1.54) is 0 Å². The summed E-state index contributed by atoms with van der Waals surface area (Å²) in [6.07, 6.45) is 1.95. The van der Waals surface area contributed by atoms with Crippen LogP contribution in [-0.2, 0) is 6.42 Å². The lowest BCUT2D eigenvalue weighted by atomic mass is 10.0. The summed E-state index contributed by atoms with van der Waals surface area (Å²) in [4.78, 5) is 0. The fourth-order valence-corrected chi connectivity index (χ4v) is 2.51. The van der Waals surface area contributed by atoms with Crippen molar-refractivity contribution in [1.29, 1.82) is 0 Å². The second-order valence-electron chi connectivity index (χ2n) is 5.13. The van der Waals surface area contributed by atoms with Crippen LogP contribution in [0.3, 0.4) is 0 Å². The molecular weight excluding hydrogens is 304 g/mol. The maximum atomic E-state index is 10.3. The van der Waals surface area contributed by atoms with Gasteiger partial charge in [-0.2, -0.15) is 5.10 Å². The molecule has 0 radical (unpaired) electrons. The first-order chi connectivity index (χ1) is 8.97. The number of nitrogens with zero attached hydrogens (tertiary/aromatic N) is 2. The molecule has 1 N–H and O–H groups in total. The summed E-state index contributed by atoms with van der Waals surface area (Å²) < 4.78 is 2.85. The van der Waals surface area contributed by atoms with Gasteiger partial charge in [0.05, 0.1) is 11.8 Å². The van der Waals surface area contributed by atoms with E-state index in [0.717, 1.165) is 21.3 Å². The smallest absolute Gasteiger partial charge is 0.0857 e. The summed E-state index contributed by atoms with van der Waals surface area (Å²) in [5.41, 5.74) is 2.97. The average Bonchev–Trinajstić information content (AvgIpc) is 2.80. The van der Waals surface area contributed by atoms with E-state index >= 15 is 0 Å². The van der Waals surface area contributed by atoms with Gasteiger partial charge in [0.2, 0.25) is 0 Å². The van der Waals surface area contributed by atoms with Crippen molar-refractivity contribution in [3.63, 3.8) is 0 Å². The number of benzene rings is 1. The Labute approximate surface area is 122 Å². The Balaban J connectivity index is 2.15. The van der Waals surface area contributed by atoms with Crippen LogP contribution in [0.2, 0.25) is 0 Å². The molecule has 2 rings (SSSR count). The van der Waals surface area contributed by atoms with Gasteiger partial charge >= 0.3 is 0 Å². The minimum absolute atomic E-state index is 0.344. The standard InChI is InChI=1S/C15H19BrN2O/c1-10(2)18-7-6-12(17-18)9-15(19)13-8-11(3)4-5-14(13)16/h4-8,10,15,19H,9H2,1-3H3. The zero-order chi connectivity index (χ0) is 14.0. The van der Waals surface area contributed by atoms with Crippen molar-refractivity contribution in [2.45, 2.75) is 39.3 Å². The first kappa shape index (κ1) is 14.3. The van der Waals surface area contributed by atoms with Crippen molar-refractivity contribution in [2.75, 3.05) is 0 Å². The van der Waals surface area contributed by atoms with E-state index in [0.29, 0.717) is 12.5 Å². The number of hydrogen-bond acceptors (Lipinski definition) is 2. The van der Waals surface area contributed by atoms with Gasteiger partial charge in [-0.05, 0) is 38.5 Å². The van der Waals surface area contributed by atoms with Gasteiger partial charge in [0.25, 0.3) is 0 Å². The van der Waals surface area contributed by atoms with E-state index in [-0.39, 0.29) is 0 Å². The van der Waals surface area contributed by atoms with Crippen molar-refractivity contribution in [3.05, 3.63) is 51.8 Å². The minimum atomic E-state index is -0.537. The van der Waals surface area contributed by atoms with E-state index in [4.69, 9.17) is 0 Å². The van der Waals surface area contributed by atoms with E-state index in [9.17, 15) is 5.11 Å². The van der Waals surface area contributed by atoms with Crippen LogP contribution in [0, 0.1) is 6.92 Å². The average molecular weight is 323 g/mol. The lowest BCUT2D eigenvalue weighted by Crippen LogP contribution is -2.06. The second kappa shape index (κ2) is 5.88. The SMILES string of the molecule is Cc1ccc(Br)c(C(O)Cc2ccn(C(C)C)n2)c1. The van der Waals surface area contributed by atoms with Crippen molar-refractivity contribution >= 4 is 15.9 Å². The summed E-state index contributed by atoms with van der Waals surface area (Å²) in [5.74, 6) is 0. The van der Waals surface area contributed by atoms with Crippen LogP contribution in [0.15, 0.2) is 34.9 Å². The second-order valence-corrected chi connectivity index (χ2v) is 5.98. The lowest BCUT2D eigenvalue weighted by Gasteiger charge is -2.12. The monoisotopic (exact) mass is 322 g/mol. The summed E-state index contributed by atoms with van der Waals surface area (Å²) >= 11 is 3.49. The van der Waals surface area contributed by atoms with Gasteiger partial charge < -0.3 is 5.11 Å². The van der Waals surface area contributed by atoms with Gasteiger partial charge in [-0.3, -0.25) is 4.68 Å². The molecule has 3 nitrogen and oxygen atoms in total. The number of rotatable bonds is 4. The zero-order valence-corrected chi connectivity index (χ0v) is 13.1. The third-order valence-corrected chi connectivity index (χ3v) is 3.83. The van der Waals surface area contributed by atoms with E-state index in [2.05, 4.69) is 34.9 Å². The molecule has 1 aromatic heterocycles. The molecule has 0 saturated carbocycles. The van der Waals surface area contributed by atoms with Crippen LogP contribution in [-0.4, -0.2) is 14.9 Å². The lowest BCUT2D eigenvalue weighted by molar-refractivity contribution is 0.176. The minimum Gasteiger partial charge on any atom is -0.388 e. The molecule has 0 saturated heterocycles. The van der Waals surface area contributed by atoms with Crippen LogP contribution >= 0.6 is 15.9 Å². The Morgan fingerprint density at radius 2 is 2.05 bits per heavy atom. The molecule has 2 aromatic rings. The number of aliphatic hydroxyl groups is 1. The van der Waals surface area contributed by atoms with Gasteiger partial charge in [-0.15, -0.1) is 0 Å². The number of aromatic nitrogens is 2. The molecule has 0 aliphatic heterocycles. The van der Waals surface area contributed by atoms with Gasteiger partial charge in [0.1, 0.15) is 0 Å². The summed E-state index contributed by atoms with van der Waals surface area (Å²) in [6.45, 7) is 6.20. The molecule has 1 aromatic carbocycles. The Kier molecular flexibility index (Phi) is 4.42. The molecule has 1 atom stereocenters.